The molecule has 0 aliphatic heterocycles. The number of aromatic nitrogens is 2. The average Bonchev–Trinajstić information content (AvgIpc) is 2.76. The zero-order valence-electron chi connectivity index (χ0n) is 11.8. The number of nitrogens with zero attached hydrogens (tertiary/aromatic N) is 1. The highest BCUT2D eigenvalue weighted by molar-refractivity contribution is 7.71. The summed E-state index contributed by atoms with van der Waals surface area (Å²) in [5.41, 5.74) is 3.79. The molecule has 2 aromatic rings. The van der Waals surface area contributed by atoms with Gasteiger partial charge in [-0.2, -0.15) is 0 Å². The van der Waals surface area contributed by atoms with E-state index in [1.165, 1.54) is 48.7 Å². The summed E-state index contributed by atoms with van der Waals surface area (Å²) < 4.78 is 3.29. The number of benzene rings is 1. The zero-order chi connectivity index (χ0) is 13.4. The van der Waals surface area contributed by atoms with E-state index >= 15 is 0 Å². The van der Waals surface area contributed by atoms with Gasteiger partial charge in [0.15, 0.2) is 4.77 Å². The molecular formula is C16H22N2S. The van der Waals surface area contributed by atoms with Crippen molar-refractivity contribution in [3.8, 4) is 0 Å². The number of aryl methyl sites for hydroxylation is 1. The maximum absolute atomic E-state index is 5.60. The Morgan fingerprint density at radius 3 is 2.89 bits per heavy atom. The van der Waals surface area contributed by atoms with Crippen LogP contribution in [-0.4, -0.2) is 9.55 Å². The number of hydrogen-bond acceptors (Lipinski definition) is 1. The van der Waals surface area contributed by atoms with Gasteiger partial charge in [0.2, 0.25) is 0 Å². The topological polar surface area (TPSA) is 20.7 Å². The molecule has 1 aromatic heterocycles. The van der Waals surface area contributed by atoms with Crippen molar-refractivity contribution in [2.45, 2.75) is 52.0 Å². The minimum atomic E-state index is 0.585. The fourth-order valence-electron chi connectivity index (χ4n) is 3.63. The molecule has 1 aromatic carbocycles. The maximum atomic E-state index is 5.60. The lowest BCUT2D eigenvalue weighted by Gasteiger charge is -2.32. The lowest BCUT2D eigenvalue weighted by Crippen LogP contribution is -2.22. The summed E-state index contributed by atoms with van der Waals surface area (Å²) in [5, 5.41) is 0. The molecule has 1 heterocycles. The highest BCUT2D eigenvalue weighted by Crippen LogP contribution is 2.38. The first-order valence-corrected chi connectivity index (χ1v) is 7.83. The normalized spacial score (nSPS) is 23.9. The molecule has 0 radical (unpaired) electrons. The molecule has 1 aliphatic rings. The molecule has 1 N–H and O–H groups in total. The van der Waals surface area contributed by atoms with Crippen LogP contribution in [-0.2, 0) is 0 Å². The van der Waals surface area contributed by atoms with Crippen LogP contribution in [0.4, 0.5) is 0 Å². The van der Waals surface area contributed by atoms with Crippen molar-refractivity contribution in [1.29, 1.82) is 0 Å². The predicted octanol–water partition coefficient (Wildman–Crippen LogP) is 5.15. The van der Waals surface area contributed by atoms with E-state index < -0.39 is 0 Å². The van der Waals surface area contributed by atoms with Crippen LogP contribution in [0.25, 0.3) is 11.0 Å². The Morgan fingerprint density at radius 2 is 2.11 bits per heavy atom. The van der Waals surface area contributed by atoms with E-state index in [1.54, 1.807) is 0 Å². The van der Waals surface area contributed by atoms with E-state index in [-0.39, 0.29) is 0 Å². The first-order valence-electron chi connectivity index (χ1n) is 7.42. The van der Waals surface area contributed by atoms with Gasteiger partial charge in [-0.25, -0.2) is 0 Å². The van der Waals surface area contributed by atoms with Gasteiger partial charge in [0.05, 0.1) is 11.0 Å². The largest absolute Gasteiger partial charge is 0.330 e. The van der Waals surface area contributed by atoms with Gasteiger partial charge < -0.3 is 9.55 Å². The number of rotatable bonds is 2. The first kappa shape index (κ1) is 12.9. The number of imidazole rings is 1. The number of fused-ring (bicyclic) bond motifs is 1. The second-order valence-corrected chi connectivity index (χ2v) is 6.18. The summed E-state index contributed by atoms with van der Waals surface area (Å²) in [6.07, 6.45) is 6.59. The summed E-state index contributed by atoms with van der Waals surface area (Å²) in [6.45, 7) is 4.46. The summed E-state index contributed by atoms with van der Waals surface area (Å²) in [6, 6.07) is 7.08. The molecule has 1 saturated carbocycles. The van der Waals surface area contributed by atoms with E-state index in [1.807, 2.05) is 0 Å². The van der Waals surface area contributed by atoms with Gasteiger partial charge >= 0.3 is 0 Å². The van der Waals surface area contributed by atoms with Gasteiger partial charge in [0.1, 0.15) is 0 Å². The Hall–Kier alpha value is -1.09. The molecule has 1 fully saturated rings. The number of nitrogens with one attached hydrogen (secondary N) is 1. The molecule has 102 valence electrons. The standard InChI is InChI=1S/C16H22N2S/c1-3-12-8-4-5-9-13(12)18-14-10-6-7-11(2)15(14)17-16(18)19/h6-7,10,12-13H,3-5,8-9H2,1-2H3,(H,17,19). The molecule has 0 saturated heterocycles. The Balaban J connectivity index is 2.16. The highest BCUT2D eigenvalue weighted by Gasteiger charge is 2.27. The number of hydrogen-bond donors (Lipinski definition) is 1. The lowest BCUT2D eigenvalue weighted by molar-refractivity contribution is 0.235. The van der Waals surface area contributed by atoms with Crippen LogP contribution in [0.15, 0.2) is 18.2 Å². The molecule has 19 heavy (non-hydrogen) atoms. The summed E-state index contributed by atoms with van der Waals surface area (Å²) in [5.74, 6) is 0.778. The first-order chi connectivity index (χ1) is 9.22. The summed E-state index contributed by atoms with van der Waals surface area (Å²) in [4.78, 5) is 3.42. The third kappa shape index (κ3) is 2.14. The summed E-state index contributed by atoms with van der Waals surface area (Å²) in [7, 11) is 0. The summed E-state index contributed by atoms with van der Waals surface area (Å²) >= 11 is 5.60. The van der Waals surface area contributed by atoms with Crippen molar-refractivity contribution < 1.29 is 0 Å². The minimum Gasteiger partial charge on any atom is -0.330 e. The molecule has 0 amide bonds. The van der Waals surface area contributed by atoms with Gasteiger partial charge in [-0.1, -0.05) is 38.3 Å². The quantitative estimate of drug-likeness (QED) is 0.751. The van der Waals surface area contributed by atoms with Crippen molar-refractivity contribution >= 4 is 23.3 Å². The predicted molar refractivity (Wildman–Crippen MR) is 83.1 cm³/mol. The van der Waals surface area contributed by atoms with Crippen LogP contribution in [0.2, 0.25) is 0 Å². The zero-order valence-corrected chi connectivity index (χ0v) is 12.6. The molecule has 2 nitrogen and oxygen atoms in total. The molecule has 3 heteroatoms. The van der Waals surface area contributed by atoms with Gasteiger partial charge in [-0.05, 0) is 49.5 Å². The van der Waals surface area contributed by atoms with E-state index in [2.05, 4.69) is 41.6 Å². The third-order valence-electron chi connectivity index (χ3n) is 4.69. The smallest absolute Gasteiger partial charge is 0.178 e. The maximum Gasteiger partial charge on any atom is 0.178 e. The van der Waals surface area contributed by atoms with Crippen molar-refractivity contribution in [1.82, 2.24) is 9.55 Å². The SMILES string of the molecule is CCC1CCCCC1n1c(=S)[nH]c2c(C)cccc21. The Morgan fingerprint density at radius 1 is 1.32 bits per heavy atom. The Kier molecular flexibility index (Phi) is 3.48. The fourth-order valence-corrected chi connectivity index (χ4v) is 3.96. The van der Waals surface area contributed by atoms with Gasteiger partial charge in [-0.15, -0.1) is 0 Å². The van der Waals surface area contributed by atoms with Crippen LogP contribution in [0.5, 0.6) is 0 Å². The van der Waals surface area contributed by atoms with Crippen molar-refractivity contribution in [3.63, 3.8) is 0 Å². The number of H-pyrrole nitrogens is 1. The van der Waals surface area contributed by atoms with E-state index in [9.17, 15) is 0 Å². The van der Waals surface area contributed by atoms with Crippen LogP contribution >= 0.6 is 12.2 Å². The number of aromatic amines is 1. The third-order valence-corrected chi connectivity index (χ3v) is 4.98. The molecule has 1 aliphatic carbocycles. The van der Waals surface area contributed by atoms with Crippen molar-refractivity contribution in [3.05, 3.63) is 28.5 Å². The second kappa shape index (κ2) is 5.12. The highest BCUT2D eigenvalue weighted by atomic mass is 32.1. The fraction of sp³-hybridized carbons (Fsp3) is 0.562. The average molecular weight is 274 g/mol. The van der Waals surface area contributed by atoms with Gasteiger partial charge in [0, 0.05) is 6.04 Å². The van der Waals surface area contributed by atoms with Crippen molar-refractivity contribution in [2.24, 2.45) is 5.92 Å². The second-order valence-electron chi connectivity index (χ2n) is 5.79. The molecule has 0 bridgehead atoms. The van der Waals surface area contributed by atoms with Crippen LogP contribution < -0.4 is 0 Å². The Labute approximate surface area is 119 Å². The van der Waals surface area contributed by atoms with E-state index in [0.717, 1.165) is 10.7 Å². The van der Waals surface area contributed by atoms with E-state index in [0.29, 0.717) is 6.04 Å². The van der Waals surface area contributed by atoms with Crippen LogP contribution in [0.3, 0.4) is 0 Å². The molecule has 2 unspecified atom stereocenters. The monoisotopic (exact) mass is 274 g/mol. The van der Waals surface area contributed by atoms with Gasteiger partial charge in [0.25, 0.3) is 0 Å². The van der Waals surface area contributed by atoms with Crippen LogP contribution in [0.1, 0.15) is 50.6 Å². The molecule has 2 atom stereocenters. The lowest BCUT2D eigenvalue weighted by atomic mass is 9.82. The van der Waals surface area contributed by atoms with E-state index in [4.69, 9.17) is 12.2 Å². The van der Waals surface area contributed by atoms with Crippen LogP contribution in [0, 0.1) is 17.6 Å². The molecular weight excluding hydrogens is 252 g/mol. The molecule has 3 rings (SSSR count). The molecule has 0 spiro atoms. The Bertz CT molecular complexity index is 638. The van der Waals surface area contributed by atoms with Gasteiger partial charge in [-0.3, -0.25) is 0 Å². The van der Waals surface area contributed by atoms with Crippen molar-refractivity contribution in [2.75, 3.05) is 0 Å². The number of para-hydroxylation sites is 1. The minimum absolute atomic E-state index is 0.585.